The molecule has 3 atom stereocenters. The number of aryl methyl sites for hydroxylation is 1. The van der Waals surface area contributed by atoms with Crippen LogP contribution in [0.1, 0.15) is 42.0 Å². The zero-order valence-corrected chi connectivity index (χ0v) is 14.8. The third-order valence-corrected chi connectivity index (χ3v) is 7.30. The first-order valence-electron chi connectivity index (χ1n) is 8.74. The van der Waals surface area contributed by atoms with Gasteiger partial charge >= 0.3 is 0 Å². The van der Waals surface area contributed by atoms with Crippen LogP contribution in [-0.4, -0.2) is 49.6 Å². The van der Waals surface area contributed by atoms with E-state index in [0.29, 0.717) is 18.5 Å². The minimum atomic E-state index is -3.10. The molecule has 3 heterocycles. The molecule has 3 aliphatic heterocycles. The lowest BCUT2D eigenvalue weighted by atomic mass is 9.77. The first kappa shape index (κ1) is 15.6. The predicted octanol–water partition coefficient (Wildman–Crippen LogP) is 2.34. The fourth-order valence-electron chi connectivity index (χ4n) is 4.93. The number of rotatable bonds is 1. The maximum atomic E-state index is 12.2. The zero-order valence-electron chi connectivity index (χ0n) is 14.0. The Bertz CT molecular complexity index is 716. The van der Waals surface area contributed by atoms with Crippen LogP contribution in [0.4, 0.5) is 0 Å². The number of piperidine rings is 2. The normalized spacial score (nSPS) is 32.0. The van der Waals surface area contributed by atoms with Crippen molar-refractivity contribution in [2.75, 3.05) is 25.9 Å². The highest BCUT2D eigenvalue weighted by atomic mass is 32.2. The van der Waals surface area contributed by atoms with Crippen molar-refractivity contribution in [1.29, 1.82) is 0 Å². The Labute approximate surface area is 139 Å². The Morgan fingerprint density at radius 2 is 2.04 bits per heavy atom. The molecule has 126 valence electrons. The van der Waals surface area contributed by atoms with Gasteiger partial charge in [0.05, 0.1) is 6.26 Å². The first-order valence-corrected chi connectivity index (χ1v) is 10.6. The lowest BCUT2D eigenvalue weighted by Gasteiger charge is -2.51. The standard InChI is InChI=1S/C18H26N2O2S/c1-13-5-6-14-7-9-19-12-15-4-3-8-20(23(2,21)22)17(15)11-18(19)16(14)10-13/h5-6,10,15,17-18H,3-4,7-9,11-12H2,1-2H3. The molecule has 1 aromatic carbocycles. The summed E-state index contributed by atoms with van der Waals surface area (Å²) in [5.41, 5.74) is 4.20. The predicted molar refractivity (Wildman–Crippen MR) is 91.9 cm³/mol. The van der Waals surface area contributed by atoms with Crippen LogP contribution in [-0.2, 0) is 16.4 Å². The molecule has 4 rings (SSSR count). The van der Waals surface area contributed by atoms with Crippen molar-refractivity contribution in [3.05, 3.63) is 34.9 Å². The summed E-state index contributed by atoms with van der Waals surface area (Å²) in [5, 5.41) is 0. The second kappa shape index (κ2) is 5.57. The number of fused-ring (bicyclic) bond motifs is 4. The molecule has 0 N–H and O–H groups in total. The van der Waals surface area contributed by atoms with Crippen molar-refractivity contribution in [1.82, 2.24) is 9.21 Å². The van der Waals surface area contributed by atoms with E-state index >= 15 is 0 Å². The Balaban J connectivity index is 1.69. The first-order chi connectivity index (χ1) is 10.9. The zero-order chi connectivity index (χ0) is 16.2. The van der Waals surface area contributed by atoms with Crippen molar-refractivity contribution < 1.29 is 8.42 Å². The van der Waals surface area contributed by atoms with E-state index in [2.05, 4.69) is 30.0 Å². The van der Waals surface area contributed by atoms with Gasteiger partial charge in [0.1, 0.15) is 0 Å². The van der Waals surface area contributed by atoms with Crippen molar-refractivity contribution >= 4 is 10.0 Å². The van der Waals surface area contributed by atoms with Crippen LogP contribution < -0.4 is 0 Å². The molecule has 0 radical (unpaired) electrons. The van der Waals surface area contributed by atoms with E-state index in [9.17, 15) is 8.42 Å². The van der Waals surface area contributed by atoms with Crippen LogP contribution in [0.2, 0.25) is 0 Å². The number of benzene rings is 1. The third-order valence-electron chi connectivity index (χ3n) is 6.00. The Morgan fingerprint density at radius 1 is 1.22 bits per heavy atom. The summed E-state index contributed by atoms with van der Waals surface area (Å²) in [4.78, 5) is 2.61. The summed E-state index contributed by atoms with van der Waals surface area (Å²) in [6.07, 6.45) is 5.62. The average Bonchev–Trinajstić information content (AvgIpc) is 2.51. The lowest BCUT2D eigenvalue weighted by molar-refractivity contribution is 0.0222. The van der Waals surface area contributed by atoms with Gasteiger partial charge < -0.3 is 0 Å². The van der Waals surface area contributed by atoms with Gasteiger partial charge in [-0.2, -0.15) is 4.31 Å². The SMILES string of the molecule is Cc1ccc2c(c1)C1CC3C(CCCN3S(C)(=O)=O)CN1CC2. The van der Waals surface area contributed by atoms with E-state index in [1.54, 1.807) is 4.31 Å². The maximum absolute atomic E-state index is 12.2. The van der Waals surface area contributed by atoms with E-state index in [0.717, 1.165) is 32.4 Å². The van der Waals surface area contributed by atoms with Crippen LogP contribution in [0.15, 0.2) is 18.2 Å². The molecule has 0 saturated carbocycles. The van der Waals surface area contributed by atoms with Gasteiger partial charge in [-0.3, -0.25) is 4.90 Å². The van der Waals surface area contributed by atoms with Crippen molar-refractivity contribution in [3.8, 4) is 0 Å². The van der Waals surface area contributed by atoms with E-state index < -0.39 is 10.0 Å². The molecular formula is C18H26N2O2S. The van der Waals surface area contributed by atoms with Crippen LogP contribution in [0.25, 0.3) is 0 Å². The van der Waals surface area contributed by atoms with Crippen molar-refractivity contribution in [3.63, 3.8) is 0 Å². The molecule has 5 heteroatoms. The molecule has 0 amide bonds. The summed E-state index contributed by atoms with van der Waals surface area (Å²) >= 11 is 0. The molecule has 3 unspecified atom stereocenters. The summed E-state index contributed by atoms with van der Waals surface area (Å²) in [5.74, 6) is 0.501. The highest BCUT2D eigenvalue weighted by molar-refractivity contribution is 7.88. The van der Waals surface area contributed by atoms with Gasteiger partial charge in [0, 0.05) is 31.7 Å². The Kier molecular flexibility index (Phi) is 3.78. The molecule has 4 nitrogen and oxygen atoms in total. The van der Waals surface area contributed by atoms with Crippen LogP contribution in [0.5, 0.6) is 0 Å². The summed E-state index contributed by atoms with van der Waals surface area (Å²) in [6.45, 7) is 5.01. The fourth-order valence-corrected chi connectivity index (χ4v) is 6.14. The van der Waals surface area contributed by atoms with Crippen molar-refractivity contribution in [2.45, 2.75) is 44.7 Å². The van der Waals surface area contributed by atoms with E-state index in [-0.39, 0.29) is 6.04 Å². The molecule has 23 heavy (non-hydrogen) atoms. The molecular weight excluding hydrogens is 308 g/mol. The molecule has 0 bridgehead atoms. The fraction of sp³-hybridized carbons (Fsp3) is 0.667. The quantitative estimate of drug-likeness (QED) is 0.791. The summed E-state index contributed by atoms with van der Waals surface area (Å²) in [7, 11) is -3.10. The van der Waals surface area contributed by atoms with Gasteiger partial charge in [0.2, 0.25) is 10.0 Å². The second-order valence-electron chi connectivity index (χ2n) is 7.54. The van der Waals surface area contributed by atoms with E-state index in [1.807, 2.05) is 0 Å². The van der Waals surface area contributed by atoms with Crippen LogP contribution in [0.3, 0.4) is 0 Å². The third kappa shape index (κ3) is 2.73. The monoisotopic (exact) mass is 334 g/mol. The van der Waals surface area contributed by atoms with Gasteiger partial charge in [0.25, 0.3) is 0 Å². The number of hydrogen-bond donors (Lipinski definition) is 0. The highest BCUT2D eigenvalue weighted by Crippen LogP contribution is 2.43. The van der Waals surface area contributed by atoms with Crippen LogP contribution >= 0.6 is 0 Å². The Hall–Kier alpha value is -0.910. The van der Waals surface area contributed by atoms with E-state index in [1.165, 1.54) is 29.4 Å². The second-order valence-corrected chi connectivity index (χ2v) is 9.48. The van der Waals surface area contributed by atoms with Gasteiger partial charge in [-0.15, -0.1) is 0 Å². The van der Waals surface area contributed by atoms with Gasteiger partial charge in [-0.05, 0) is 49.7 Å². The molecule has 1 aromatic rings. The molecule has 0 spiro atoms. The Morgan fingerprint density at radius 3 is 2.83 bits per heavy atom. The van der Waals surface area contributed by atoms with Crippen LogP contribution in [0, 0.1) is 12.8 Å². The lowest BCUT2D eigenvalue weighted by Crippen LogP contribution is -2.57. The van der Waals surface area contributed by atoms with Gasteiger partial charge in [-0.1, -0.05) is 23.8 Å². The largest absolute Gasteiger partial charge is 0.296 e. The smallest absolute Gasteiger partial charge is 0.211 e. The molecule has 2 fully saturated rings. The maximum Gasteiger partial charge on any atom is 0.211 e. The summed E-state index contributed by atoms with van der Waals surface area (Å²) < 4.78 is 26.2. The minimum Gasteiger partial charge on any atom is -0.296 e. The number of nitrogens with zero attached hydrogens (tertiary/aromatic N) is 2. The molecule has 0 aliphatic carbocycles. The summed E-state index contributed by atoms with van der Waals surface area (Å²) in [6, 6.07) is 7.36. The highest BCUT2D eigenvalue weighted by Gasteiger charge is 2.44. The minimum absolute atomic E-state index is 0.187. The molecule has 0 aromatic heterocycles. The van der Waals surface area contributed by atoms with Gasteiger partial charge in [0.15, 0.2) is 0 Å². The topological polar surface area (TPSA) is 40.6 Å². The van der Waals surface area contributed by atoms with Gasteiger partial charge in [-0.25, -0.2) is 8.42 Å². The number of hydrogen-bond acceptors (Lipinski definition) is 3. The van der Waals surface area contributed by atoms with E-state index in [4.69, 9.17) is 0 Å². The average molecular weight is 334 g/mol. The number of sulfonamides is 1. The molecule has 3 aliphatic rings. The van der Waals surface area contributed by atoms with Crippen molar-refractivity contribution in [2.24, 2.45) is 5.92 Å². The molecule has 2 saturated heterocycles.